The van der Waals surface area contributed by atoms with E-state index in [1.54, 1.807) is 7.11 Å². The standard InChI is InChI=1S/C32H20O5/c1-17-3-5-18(6-4-17)29-25-13-20-11-23-16-28-26(14-21(23)12-22(20)15-27(25)36-31(29)33)30(32(34)37-28)19-7-9-24(35-2)10-8-19/h3-16H,1-2H3. The molecule has 0 atom stereocenters. The molecule has 0 aliphatic carbocycles. The highest BCUT2D eigenvalue weighted by Crippen LogP contribution is 2.31. The summed E-state index contributed by atoms with van der Waals surface area (Å²) in [5.74, 6) is 1.09. The van der Waals surface area contributed by atoms with Crippen LogP contribution >= 0.6 is 0 Å². The Morgan fingerprint density at radius 1 is 0.568 bits per heavy atom. The summed E-state index contributed by atoms with van der Waals surface area (Å²) < 4.78 is 16.5. The first-order chi connectivity index (χ1) is 18.0. The fourth-order valence-electron chi connectivity index (χ4n) is 5.17. The van der Waals surface area contributed by atoms with E-state index in [1.165, 1.54) is 0 Å². The van der Waals surface area contributed by atoms with Gasteiger partial charge in [0.1, 0.15) is 17.2 Å². The minimum atomic E-state index is -0.372. The van der Waals surface area contributed by atoms with Crippen LogP contribution in [-0.2, 0) is 9.59 Å². The summed E-state index contributed by atoms with van der Waals surface area (Å²) in [6, 6.07) is 27.1. The van der Waals surface area contributed by atoms with Crippen LogP contribution in [-0.4, -0.2) is 19.0 Å². The zero-order valence-corrected chi connectivity index (χ0v) is 20.1. The van der Waals surface area contributed by atoms with Crippen molar-refractivity contribution in [3.05, 3.63) is 112 Å². The lowest BCUT2D eigenvalue weighted by molar-refractivity contribution is -0.128. The predicted octanol–water partition coefficient (Wildman–Crippen LogP) is 4.55. The summed E-state index contributed by atoms with van der Waals surface area (Å²) in [7, 11) is 1.61. The number of ether oxygens (including phenoxy) is 3. The SMILES string of the molecule is COc1ccc(C2=c3cc4cc5cc6c(cc5cc4cc3OC2=O)=C(c2ccc(C)cc2)C(=O)O6)cc1. The summed E-state index contributed by atoms with van der Waals surface area (Å²) in [5, 5.41) is 5.35. The van der Waals surface area contributed by atoms with Crippen molar-refractivity contribution in [3.63, 3.8) is 0 Å². The van der Waals surface area contributed by atoms with Crippen molar-refractivity contribution < 1.29 is 23.8 Å². The molecule has 178 valence electrons. The van der Waals surface area contributed by atoms with E-state index >= 15 is 0 Å². The molecule has 37 heavy (non-hydrogen) atoms. The average Bonchev–Trinajstić information content (AvgIpc) is 3.39. The largest absolute Gasteiger partial charge is 0.497 e. The van der Waals surface area contributed by atoms with Gasteiger partial charge in [-0.05, 0) is 88.1 Å². The van der Waals surface area contributed by atoms with E-state index in [-0.39, 0.29) is 11.9 Å². The Bertz CT molecular complexity index is 1930. The van der Waals surface area contributed by atoms with Gasteiger partial charge in [-0.3, -0.25) is 0 Å². The summed E-state index contributed by atoms with van der Waals surface area (Å²) >= 11 is 0. The molecule has 0 radical (unpaired) electrons. The fourth-order valence-corrected chi connectivity index (χ4v) is 5.17. The second-order valence-electron chi connectivity index (χ2n) is 9.37. The van der Waals surface area contributed by atoms with Crippen molar-refractivity contribution in [2.75, 3.05) is 7.11 Å². The van der Waals surface area contributed by atoms with Crippen molar-refractivity contribution in [3.8, 4) is 17.2 Å². The first-order valence-corrected chi connectivity index (χ1v) is 11.9. The van der Waals surface area contributed by atoms with E-state index < -0.39 is 0 Å². The molecular weight excluding hydrogens is 464 g/mol. The average molecular weight is 485 g/mol. The van der Waals surface area contributed by atoms with E-state index in [4.69, 9.17) is 14.2 Å². The van der Waals surface area contributed by atoms with Crippen LogP contribution in [0.25, 0.3) is 32.7 Å². The van der Waals surface area contributed by atoms with Gasteiger partial charge < -0.3 is 14.2 Å². The minimum Gasteiger partial charge on any atom is -0.497 e. The van der Waals surface area contributed by atoms with Crippen molar-refractivity contribution >= 4 is 44.6 Å². The number of carbonyl (C=O) groups excluding carboxylic acids is 2. The highest BCUT2D eigenvalue weighted by molar-refractivity contribution is 6.21. The van der Waals surface area contributed by atoms with Crippen LogP contribution in [0.3, 0.4) is 0 Å². The quantitative estimate of drug-likeness (QED) is 0.214. The third kappa shape index (κ3) is 3.32. The molecule has 0 fully saturated rings. The molecule has 0 amide bonds. The Morgan fingerprint density at radius 3 is 1.46 bits per heavy atom. The number of methoxy groups -OCH3 is 1. The predicted molar refractivity (Wildman–Crippen MR) is 141 cm³/mol. The Labute approximate surface area is 211 Å². The zero-order chi connectivity index (χ0) is 25.3. The molecule has 0 saturated carbocycles. The molecule has 2 aliphatic heterocycles. The van der Waals surface area contributed by atoms with Gasteiger partial charge in [-0.15, -0.1) is 0 Å². The van der Waals surface area contributed by atoms with Crippen LogP contribution in [0.5, 0.6) is 17.2 Å². The maximum Gasteiger partial charge on any atom is 0.344 e. The number of hydrogen-bond acceptors (Lipinski definition) is 5. The van der Waals surface area contributed by atoms with E-state index in [0.717, 1.165) is 54.4 Å². The van der Waals surface area contributed by atoms with Crippen LogP contribution in [0.2, 0.25) is 0 Å². The van der Waals surface area contributed by atoms with Gasteiger partial charge in [-0.1, -0.05) is 42.0 Å². The molecule has 2 heterocycles. The minimum absolute atomic E-state index is 0.344. The van der Waals surface area contributed by atoms with Gasteiger partial charge in [-0.25, -0.2) is 9.59 Å². The molecule has 5 aromatic carbocycles. The van der Waals surface area contributed by atoms with Gasteiger partial charge in [0.25, 0.3) is 0 Å². The topological polar surface area (TPSA) is 61.8 Å². The summed E-state index contributed by atoms with van der Waals surface area (Å²) in [4.78, 5) is 25.6. The first kappa shape index (κ1) is 21.4. The van der Waals surface area contributed by atoms with Crippen LogP contribution in [0.4, 0.5) is 0 Å². The molecule has 0 saturated heterocycles. The van der Waals surface area contributed by atoms with Gasteiger partial charge >= 0.3 is 11.9 Å². The van der Waals surface area contributed by atoms with Gasteiger partial charge in [0, 0.05) is 10.4 Å². The molecule has 0 unspecified atom stereocenters. The third-order valence-electron chi connectivity index (χ3n) is 7.06. The Kier molecular flexibility index (Phi) is 4.51. The number of carbonyl (C=O) groups is 2. The molecule has 5 heteroatoms. The monoisotopic (exact) mass is 484 g/mol. The molecule has 5 aromatic rings. The van der Waals surface area contributed by atoms with Crippen molar-refractivity contribution in [1.29, 1.82) is 0 Å². The summed E-state index contributed by atoms with van der Waals surface area (Å²) in [6.45, 7) is 2.01. The molecule has 2 aliphatic rings. The number of fused-ring (bicyclic) bond motifs is 4. The molecule has 0 spiro atoms. The molecule has 5 nitrogen and oxygen atoms in total. The van der Waals surface area contributed by atoms with Crippen LogP contribution < -0.4 is 24.6 Å². The van der Waals surface area contributed by atoms with Crippen molar-refractivity contribution in [2.24, 2.45) is 0 Å². The van der Waals surface area contributed by atoms with Crippen LogP contribution in [0.1, 0.15) is 16.7 Å². The normalized spacial score (nSPS) is 14.1. The van der Waals surface area contributed by atoms with Gasteiger partial charge in [0.15, 0.2) is 0 Å². The highest BCUT2D eigenvalue weighted by Gasteiger charge is 2.26. The number of aryl methyl sites for hydroxylation is 1. The maximum absolute atomic E-state index is 12.8. The van der Waals surface area contributed by atoms with E-state index in [9.17, 15) is 9.59 Å². The zero-order valence-electron chi connectivity index (χ0n) is 20.1. The molecule has 7 rings (SSSR count). The van der Waals surface area contributed by atoms with Crippen LogP contribution in [0, 0.1) is 6.92 Å². The number of benzene rings is 5. The lowest BCUT2D eigenvalue weighted by atomic mass is 9.97. The maximum atomic E-state index is 12.8. The first-order valence-electron chi connectivity index (χ1n) is 11.9. The van der Waals surface area contributed by atoms with Gasteiger partial charge in [0.2, 0.25) is 0 Å². The third-order valence-corrected chi connectivity index (χ3v) is 7.06. The van der Waals surface area contributed by atoms with E-state index in [2.05, 4.69) is 12.1 Å². The Hall–Kier alpha value is -4.90. The number of hydrogen-bond donors (Lipinski definition) is 0. The number of esters is 2. The Morgan fingerprint density at radius 2 is 1.00 bits per heavy atom. The summed E-state index contributed by atoms with van der Waals surface area (Å²) in [5.41, 5.74) is 3.83. The lowest BCUT2D eigenvalue weighted by Crippen LogP contribution is -2.07. The van der Waals surface area contributed by atoms with Gasteiger partial charge in [0.05, 0.1) is 18.3 Å². The van der Waals surface area contributed by atoms with Crippen molar-refractivity contribution in [2.45, 2.75) is 6.92 Å². The fraction of sp³-hybridized carbons (Fsp3) is 0.0625. The lowest BCUT2D eigenvalue weighted by Gasteiger charge is -2.05. The second kappa shape index (κ2) is 7.80. The Balaban J connectivity index is 1.43. The number of rotatable bonds is 3. The van der Waals surface area contributed by atoms with Crippen LogP contribution in [0.15, 0.2) is 84.9 Å². The smallest absolute Gasteiger partial charge is 0.344 e. The van der Waals surface area contributed by atoms with E-state index in [1.807, 2.05) is 79.7 Å². The van der Waals surface area contributed by atoms with Gasteiger partial charge in [-0.2, -0.15) is 0 Å². The second-order valence-corrected chi connectivity index (χ2v) is 9.37. The molecular formula is C32H20O5. The molecule has 0 bridgehead atoms. The molecule has 0 aromatic heterocycles. The molecule has 0 N–H and O–H groups in total. The summed E-state index contributed by atoms with van der Waals surface area (Å²) in [6.07, 6.45) is 0. The van der Waals surface area contributed by atoms with E-state index in [0.29, 0.717) is 22.6 Å². The highest BCUT2D eigenvalue weighted by atomic mass is 16.5. The van der Waals surface area contributed by atoms with Crippen molar-refractivity contribution in [1.82, 2.24) is 0 Å².